The van der Waals surface area contributed by atoms with Crippen molar-refractivity contribution in [2.24, 2.45) is 5.73 Å². The zero-order chi connectivity index (χ0) is 19.6. The highest BCUT2D eigenvalue weighted by atomic mass is 32.2. The minimum absolute atomic E-state index is 0.0203. The number of nitrogens with two attached hydrogens (primary N) is 1. The summed E-state index contributed by atoms with van der Waals surface area (Å²) < 4.78 is 41.4. The van der Waals surface area contributed by atoms with Crippen molar-refractivity contribution in [3.05, 3.63) is 70.5 Å². The van der Waals surface area contributed by atoms with E-state index in [9.17, 15) is 17.6 Å². The summed E-state index contributed by atoms with van der Waals surface area (Å²) in [6, 6.07) is 11.6. The minimum Gasteiger partial charge on any atom is -0.366 e. The molecule has 5 nitrogen and oxygen atoms in total. The number of hydrogen-bond acceptors (Lipinski definition) is 3. The van der Waals surface area contributed by atoms with Crippen molar-refractivity contribution in [2.75, 3.05) is 5.75 Å². The topological polar surface area (TPSA) is 80.5 Å². The lowest BCUT2D eigenvalue weighted by molar-refractivity contribution is 0.0999. The van der Waals surface area contributed by atoms with Crippen LogP contribution in [0.15, 0.2) is 42.5 Å². The molecule has 7 heteroatoms. The molecule has 0 atom stereocenters. The van der Waals surface area contributed by atoms with Gasteiger partial charge in [-0.15, -0.1) is 0 Å². The first-order valence-electron chi connectivity index (χ1n) is 8.89. The number of carbonyl (C=O) groups is 1. The molecule has 0 spiro atoms. The van der Waals surface area contributed by atoms with E-state index < -0.39 is 21.7 Å². The maximum atomic E-state index is 14.3. The maximum Gasteiger partial charge on any atom is 0.248 e. The number of halogens is 1. The number of benzene rings is 2. The maximum absolute atomic E-state index is 14.3. The summed E-state index contributed by atoms with van der Waals surface area (Å²) in [5, 5.41) is 0. The zero-order valence-electron chi connectivity index (χ0n) is 15.2. The Hall–Kier alpha value is -2.25. The molecule has 27 heavy (non-hydrogen) atoms. The normalized spacial score (nSPS) is 14.5. The SMILES string of the molecule is Cc1ccc(CCS(=O)(=O)N(Cc2ccc(C(N)=O)cc2F)C2CC2)cc1. The van der Waals surface area contributed by atoms with Gasteiger partial charge < -0.3 is 5.73 Å². The molecule has 0 bridgehead atoms. The van der Waals surface area contributed by atoms with Gasteiger partial charge in [-0.3, -0.25) is 4.79 Å². The van der Waals surface area contributed by atoms with Crippen LogP contribution in [0.3, 0.4) is 0 Å². The molecular formula is C20H23FN2O3S. The predicted molar refractivity (Wildman–Crippen MR) is 102 cm³/mol. The van der Waals surface area contributed by atoms with E-state index in [1.54, 1.807) is 0 Å². The Labute approximate surface area is 159 Å². The quantitative estimate of drug-likeness (QED) is 0.753. The Morgan fingerprint density at radius 2 is 1.85 bits per heavy atom. The van der Waals surface area contributed by atoms with Gasteiger partial charge in [-0.1, -0.05) is 35.9 Å². The first kappa shape index (κ1) is 19.5. The molecule has 2 N–H and O–H groups in total. The van der Waals surface area contributed by atoms with Gasteiger partial charge >= 0.3 is 0 Å². The number of aryl methyl sites for hydroxylation is 2. The second kappa shape index (κ2) is 7.78. The lowest BCUT2D eigenvalue weighted by Crippen LogP contribution is -2.35. The van der Waals surface area contributed by atoms with E-state index in [1.807, 2.05) is 31.2 Å². The van der Waals surface area contributed by atoms with Crippen molar-refractivity contribution in [1.82, 2.24) is 4.31 Å². The summed E-state index contributed by atoms with van der Waals surface area (Å²) in [5.74, 6) is -1.36. The Bertz CT molecular complexity index is 938. The fourth-order valence-corrected chi connectivity index (χ4v) is 4.66. The number of hydrogen-bond donors (Lipinski definition) is 1. The van der Waals surface area contributed by atoms with Gasteiger partial charge in [0.2, 0.25) is 15.9 Å². The van der Waals surface area contributed by atoms with Gasteiger partial charge in [0, 0.05) is 23.7 Å². The van der Waals surface area contributed by atoms with Crippen LogP contribution in [0.2, 0.25) is 0 Å². The molecule has 144 valence electrons. The van der Waals surface area contributed by atoms with E-state index in [0.717, 1.165) is 30.0 Å². The molecule has 2 aromatic carbocycles. The monoisotopic (exact) mass is 390 g/mol. The highest BCUT2D eigenvalue weighted by molar-refractivity contribution is 7.89. The number of primary amides is 1. The van der Waals surface area contributed by atoms with Gasteiger partial charge in [-0.05, 0) is 43.9 Å². The number of nitrogens with zero attached hydrogens (tertiary/aromatic N) is 1. The molecule has 2 aromatic rings. The third-order valence-corrected chi connectivity index (χ3v) is 6.61. The van der Waals surface area contributed by atoms with E-state index in [2.05, 4.69) is 0 Å². The van der Waals surface area contributed by atoms with E-state index in [4.69, 9.17) is 5.73 Å². The van der Waals surface area contributed by atoms with Crippen LogP contribution in [0, 0.1) is 12.7 Å². The average Bonchev–Trinajstić information content (AvgIpc) is 3.44. The molecule has 0 aromatic heterocycles. The highest BCUT2D eigenvalue weighted by Crippen LogP contribution is 2.32. The molecule has 1 aliphatic carbocycles. The minimum atomic E-state index is -3.53. The molecule has 0 unspecified atom stereocenters. The third-order valence-electron chi connectivity index (χ3n) is 4.74. The zero-order valence-corrected chi connectivity index (χ0v) is 16.0. The van der Waals surface area contributed by atoms with E-state index >= 15 is 0 Å². The van der Waals surface area contributed by atoms with E-state index in [0.29, 0.717) is 6.42 Å². The van der Waals surface area contributed by atoms with Crippen molar-refractivity contribution < 1.29 is 17.6 Å². The van der Waals surface area contributed by atoms with Gasteiger partial charge in [0.25, 0.3) is 0 Å². The summed E-state index contributed by atoms with van der Waals surface area (Å²) in [6.45, 7) is 1.94. The standard InChI is InChI=1S/C20H23FN2O3S/c1-14-2-4-15(5-3-14)10-11-27(25,26)23(18-8-9-18)13-17-7-6-16(20(22)24)12-19(17)21/h2-7,12,18H,8-11,13H2,1H3,(H2,22,24). The molecular weight excluding hydrogens is 367 g/mol. The van der Waals surface area contributed by atoms with Crippen LogP contribution in [-0.4, -0.2) is 30.4 Å². The Morgan fingerprint density at radius 3 is 2.41 bits per heavy atom. The largest absolute Gasteiger partial charge is 0.366 e. The highest BCUT2D eigenvalue weighted by Gasteiger charge is 2.37. The van der Waals surface area contributed by atoms with Gasteiger partial charge in [0.05, 0.1) is 5.75 Å². The third kappa shape index (κ3) is 4.93. The van der Waals surface area contributed by atoms with E-state index in [1.165, 1.54) is 16.4 Å². The van der Waals surface area contributed by atoms with Crippen molar-refractivity contribution in [3.63, 3.8) is 0 Å². The summed E-state index contributed by atoms with van der Waals surface area (Å²) in [4.78, 5) is 11.2. The van der Waals surface area contributed by atoms with Crippen molar-refractivity contribution in [2.45, 2.75) is 38.8 Å². The number of carbonyl (C=O) groups excluding carboxylic acids is 1. The molecule has 0 aliphatic heterocycles. The number of sulfonamides is 1. The predicted octanol–water partition coefficient (Wildman–Crippen LogP) is 2.77. The van der Waals surface area contributed by atoms with Gasteiger partial charge in [0.15, 0.2) is 0 Å². The Morgan fingerprint density at radius 1 is 1.19 bits per heavy atom. The van der Waals surface area contributed by atoms with Crippen LogP contribution in [0.5, 0.6) is 0 Å². The molecule has 0 heterocycles. The van der Waals surface area contributed by atoms with Crippen LogP contribution in [0.25, 0.3) is 0 Å². The second-order valence-electron chi connectivity index (χ2n) is 7.00. The van der Waals surface area contributed by atoms with Crippen LogP contribution >= 0.6 is 0 Å². The molecule has 1 saturated carbocycles. The lowest BCUT2D eigenvalue weighted by Gasteiger charge is -2.22. The summed E-state index contributed by atoms with van der Waals surface area (Å²) >= 11 is 0. The van der Waals surface area contributed by atoms with Crippen molar-refractivity contribution in [3.8, 4) is 0 Å². The first-order chi connectivity index (χ1) is 12.8. The van der Waals surface area contributed by atoms with Gasteiger partial charge in [0.1, 0.15) is 5.82 Å². The lowest BCUT2D eigenvalue weighted by atomic mass is 10.1. The fourth-order valence-electron chi connectivity index (χ4n) is 2.93. The van der Waals surface area contributed by atoms with Gasteiger partial charge in [-0.2, -0.15) is 4.31 Å². The fraction of sp³-hybridized carbons (Fsp3) is 0.350. The smallest absolute Gasteiger partial charge is 0.248 e. The van der Waals surface area contributed by atoms with Crippen LogP contribution in [0.4, 0.5) is 4.39 Å². The molecule has 0 radical (unpaired) electrons. The van der Waals surface area contributed by atoms with Crippen LogP contribution in [0.1, 0.15) is 39.9 Å². The van der Waals surface area contributed by atoms with Crippen molar-refractivity contribution >= 4 is 15.9 Å². The molecule has 1 amide bonds. The number of rotatable bonds is 8. The number of amides is 1. The van der Waals surface area contributed by atoms with Crippen LogP contribution in [-0.2, 0) is 23.0 Å². The molecule has 3 rings (SSSR count). The second-order valence-corrected chi connectivity index (χ2v) is 9.04. The molecule has 0 saturated heterocycles. The Kier molecular flexibility index (Phi) is 5.62. The summed E-state index contributed by atoms with van der Waals surface area (Å²) in [6.07, 6.45) is 1.98. The average molecular weight is 390 g/mol. The Balaban J connectivity index is 1.74. The summed E-state index contributed by atoms with van der Waals surface area (Å²) in [5.41, 5.74) is 7.54. The molecule has 1 aliphatic rings. The van der Waals surface area contributed by atoms with E-state index in [-0.39, 0.29) is 29.5 Å². The first-order valence-corrected chi connectivity index (χ1v) is 10.5. The van der Waals surface area contributed by atoms with Crippen molar-refractivity contribution in [1.29, 1.82) is 0 Å². The van der Waals surface area contributed by atoms with Crippen LogP contribution < -0.4 is 5.73 Å². The van der Waals surface area contributed by atoms with Gasteiger partial charge in [-0.25, -0.2) is 12.8 Å². The summed E-state index contributed by atoms with van der Waals surface area (Å²) in [7, 11) is -3.53. The molecule has 1 fully saturated rings.